The minimum absolute atomic E-state index is 0.127. The van der Waals surface area contributed by atoms with Gasteiger partial charge in [-0.05, 0) is 25.3 Å². The summed E-state index contributed by atoms with van der Waals surface area (Å²) in [6, 6.07) is 3.48. The second-order valence-electron chi connectivity index (χ2n) is 6.53. The molecule has 0 unspecified atom stereocenters. The first kappa shape index (κ1) is 18.6. The number of piperidine rings is 1. The summed E-state index contributed by atoms with van der Waals surface area (Å²) in [5.41, 5.74) is -0.931. The Bertz CT molecular complexity index is 850. The van der Waals surface area contributed by atoms with Gasteiger partial charge >= 0.3 is 0 Å². The Balaban J connectivity index is 1.82. The average Bonchev–Trinajstić information content (AvgIpc) is 3.27. The molecule has 142 valence electrons. The molecule has 3 rings (SSSR count). The van der Waals surface area contributed by atoms with E-state index in [0.29, 0.717) is 25.1 Å². The Morgan fingerprint density at radius 3 is 2.58 bits per heavy atom. The van der Waals surface area contributed by atoms with Crippen LogP contribution in [-0.4, -0.2) is 57.0 Å². The third kappa shape index (κ3) is 3.51. The topological polar surface area (TPSA) is 102 Å². The number of amides is 1. The summed E-state index contributed by atoms with van der Waals surface area (Å²) in [5, 5.41) is 11.3. The van der Waals surface area contributed by atoms with Crippen molar-refractivity contribution in [2.24, 2.45) is 7.05 Å². The molecule has 10 heteroatoms. The van der Waals surface area contributed by atoms with Gasteiger partial charge in [0, 0.05) is 44.8 Å². The molecule has 0 saturated carbocycles. The van der Waals surface area contributed by atoms with Crippen molar-refractivity contribution in [1.29, 1.82) is 0 Å². The van der Waals surface area contributed by atoms with Crippen molar-refractivity contribution in [3.8, 4) is 0 Å². The van der Waals surface area contributed by atoms with Gasteiger partial charge in [-0.3, -0.25) is 14.2 Å². The molecule has 0 atom stereocenters. The smallest absolute Gasteiger partial charge is 0.253 e. The molecule has 26 heavy (non-hydrogen) atoms. The quantitative estimate of drug-likeness (QED) is 0.798. The zero-order valence-electron chi connectivity index (χ0n) is 15.0. The molecule has 2 aromatic heterocycles. The lowest BCUT2D eigenvalue weighted by molar-refractivity contribution is -0.127. The molecule has 0 aliphatic carbocycles. The summed E-state index contributed by atoms with van der Waals surface area (Å²) in [4.78, 5) is 13.1. The first-order valence-electron chi connectivity index (χ1n) is 8.66. The Morgan fingerprint density at radius 1 is 1.31 bits per heavy atom. The molecule has 1 amide bonds. The third-order valence-corrected chi connectivity index (χ3v) is 6.80. The number of carbonyl (C=O) groups excluding carboxylic acids is 1. The number of aromatic nitrogens is 4. The van der Waals surface area contributed by atoms with Gasteiger partial charge in [-0.2, -0.15) is 10.2 Å². The van der Waals surface area contributed by atoms with Crippen LogP contribution in [0.15, 0.2) is 30.7 Å². The largest absolute Gasteiger partial charge is 0.307 e. The van der Waals surface area contributed by atoms with Crippen LogP contribution in [0.5, 0.6) is 0 Å². The molecular formula is C16H24N6O3S. The maximum absolute atomic E-state index is 13.1. The third-order valence-electron chi connectivity index (χ3n) is 4.73. The number of nitrogens with one attached hydrogen (secondary N) is 1. The number of carbonyl (C=O) groups is 1. The van der Waals surface area contributed by atoms with E-state index in [0.717, 1.165) is 0 Å². The van der Waals surface area contributed by atoms with E-state index in [-0.39, 0.29) is 24.7 Å². The summed E-state index contributed by atoms with van der Waals surface area (Å²) in [7, 11) is -1.50. The normalized spacial score (nSPS) is 17.9. The number of rotatable bonds is 6. The van der Waals surface area contributed by atoms with E-state index in [1.807, 2.05) is 6.92 Å². The van der Waals surface area contributed by atoms with E-state index in [1.54, 1.807) is 47.1 Å². The van der Waals surface area contributed by atoms with Crippen molar-refractivity contribution in [1.82, 2.24) is 23.9 Å². The standard InChI is InChI=1S/C16H24N6O3S/c1-3-13-26(24,25)21-11-6-16(7-12-21,22-9-4-8-17-22)15(23)18-14-5-10-20(2)19-14/h4-5,8-10H,3,6-7,11-13H2,1-2H3,(H,18,19,23). The van der Waals surface area contributed by atoms with Gasteiger partial charge in [0.2, 0.25) is 10.0 Å². The maximum atomic E-state index is 13.1. The van der Waals surface area contributed by atoms with Crippen molar-refractivity contribution >= 4 is 21.7 Å². The second-order valence-corrected chi connectivity index (χ2v) is 8.61. The van der Waals surface area contributed by atoms with E-state index in [2.05, 4.69) is 15.5 Å². The monoisotopic (exact) mass is 380 g/mol. The molecule has 1 aliphatic rings. The lowest BCUT2D eigenvalue weighted by Gasteiger charge is -2.40. The summed E-state index contributed by atoms with van der Waals surface area (Å²) in [6.45, 7) is 2.42. The number of nitrogens with zero attached hydrogens (tertiary/aromatic N) is 5. The number of aryl methyl sites for hydroxylation is 1. The van der Waals surface area contributed by atoms with Crippen molar-refractivity contribution in [2.45, 2.75) is 31.7 Å². The van der Waals surface area contributed by atoms with Gasteiger partial charge in [0.15, 0.2) is 5.82 Å². The van der Waals surface area contributed by atoms with Crippen LogP contribution in [0.4, 0.5) is 5.82 Å². The highest BCUT2D eigenvalue weighted by molar-refractivity contribution is 7.89. The number of sulfonamides is 1. The van der Waals surface area contributed by atoms with Crippen molar-refractivity contribution in [3.05, 3.63) is 30.7 Å². The average molecular weight is 380 g/mol. The van der Waals surface area contributed by atoms with Crippen LogP contribution in [0.1, 0.15) is 26.2 Å². The van der Waals surface area contributed by atoms with Crippen LogP contribution in [0.25, 0.3) is 0 Å². The summed E-state index contributed by atoms with van der Waals surface area (Å²) in [6.07, 6.45) is 6.40. The number of hydrogen-bond donors (Lipinski definition) is 1. The molecule has 1 fully saturated rings. The van der Waals surface area contributed by atoms with Gasteiger partial charge in [-0.1, -0.05) is 6.92 Å². The van der Waals surface area contributed by atoms with E-state index < -0.39 is 15.6 Å². The highest BCUT2D eigenvalue weighted by Gasteiger charge is 2.45. The number of anilines is 1. The first-order chi connectivity index (χ1) is 12.4. The van der Waals surface area contributed by atoms with Gasteiger partial charge in [-0.25, -0.2) is 12.7 Å². The van der Waals surface area contributed by atoms with Crippen LogP contribution in [0.3, 0.4) is 0 Å². The molecule has 2 aromatic rings. The molecule has 3 heterocycles. The van der Waals surface area contributed by atoms with Crippen molar-refractivity contribution in [3.63, 3.8) is 0 Å². The predicted molar refractivity (Wildman–Crippen MR) is 96.9 cm³/mol. The summed E-state index contributed by atoms with van der Waals surface area (Å²) >= 11 is 0. The fourth-order valence-corrected chi connectivity index (χ4v) is 4.83. The summed E-state index contributed by atoms with van der Waals surface area (Å²) in [5.74, 6) is 0.361. The minimum Gasteiger partial charge on any atom is -0.307 e. The van der Waals surface area contributed by atoms with Crippen molar-refractivity contribution in [2.75, 3.05) is 24.2 Å². The van der Waals surface area contributed by atoms with Crippen LogP contribution >= 0.6 is 0 Å². The SMILES string of the molecule is CCCS(=O)(=O)N1CCC(C(=O)Nc2ccn(C)n2)(n2cccn2)CC1. The lowest BCUT2D eigenvalue weighted by Crippen LogP contribution is -2.54. The molecular weight excluding hydrogens is 356 g/mol. The Kier molecular flexibility index (Phi) is 5.15. The van der Waals surface area contributed by atoms with Gasteiger partial charge in [-0.15, -0.1) is 0 Å². The maximum Gasteiger partial charge on any atom is 0.253 e. The van der Waals surface area contributed by atoms with Gasteiger partial charge in [0.1, 0.15) is 5.54 Å². The molecule has 1 aliphatic heterocycles. The predicted octanol–water partition coefficient (Wildman–Crippen LogP) is 0.786. The zero-order chi connectivity index (χ0) is 18.8. The number of hydrogen-bond acceptors (Lipinski definition) is 5. The fraction of sp³-hybridized carbons (Fsp3) is 0.562. The van der Waals surface area contributed by atoms with Crippen LogP contribution < -0.4 is 5.32 Å². The highest BCUT2D eigenvalue weighted by atomic mass is 32.2. The molecule has 9 nitrogen and oxygen atoms in total. The fourth-order valence-electron chi connectivity index (χ4n) is 3.32. The Labute approximate surface area is 153 Å². The van der Waals surface area contributed by atoms with E-state index in [4.69, 9.17) is 0 Å². The Hall–Kier alpha value is -2.20. The van der Waals surface area contributed by atoms with Crippen molar-refractivity contribution < 1.29 is 13.2 Å². The van der Waals surface area contributed by atoms with Crippen LogP contribution in [0, 0.1) is 0 Å². The highest BCUT2D eigenvalue weighted by Crippen LogP contribution is 2.32. The van der Waals surface area contributed by atoms with Gasteiger partial charge in [0.05, 0.1) is 5.75 Å². The van der Waals surface area contributed by atoms with Gasteiger partial charge in [0.25, 0.3) is 5.91 Å². The van der Waals surface area contributed by atoms with Crippen LogP contribution in [-0.2, 0) is 27.4 Å². The van der Waals surface area contributed by atoms with Gasteiger partial charge < -0.3 is 5.32 Å². The first-order valence-corrected chi connectivity index (χ1v) is 10.3. The van der Waals surface area contributed by atoms with E-state index in [9.17, 15) is 13.2 Å². The van der Waals surface area contributed by atoms with Crippen LogP contribution in [0.2, 0.25) is 0 Å². The van der Waals surface area contributed by atoms with E-state index >= 15 is 0 Å². The minimum atomic E-state index is -3.28. The molecule has 0 aromatic carbocycles. The Morgan fingerprint density at radius 2 is 2.04 bits per heavy atom. The summed E-state index contributed by atoms with van der Waals surface area (Å²) < 4.78 is 29.4. The lowest BCUT2D eigenvalue weighted by atomic mass is 9.87. The zero-order valence-corrected chi connectivity index (χ0v) is 15.8. The molecule has 0 bridgehead atoms. The second kappa shape index (κ2) is 7.20. The molecule has 0 radical (unpaired) electrons. The molecule has 1 saturated heterocycles. The molecule has 1 N–H and O–H groups in total. The van der Waals surface area contributed by atoms with E-state index in [1.165, 1.54) is 4.31 Å². The molecule has 0 spiro atoms.